The molecule has 0 bridgehead atoms. The number of hydrogen-bond acceptors (Lipinski definition) is 8. The van der Waals surface area contributed by atoms with Crippen molar-refractivity contribution in [2.45, 2.75) is 0 Å². The van der Waals surface area contributed by atoms with Crippen LogP contribution in [0.1, 0.15) is 0 Å². The van der Waals surface area contributed by atoms with Crippen molar-refractivity contribution >= 4 is 61.7 Å². The Morgan fingerprint density at radius 3 is 1.06 bits per heavy atom. The second-order valence-electron chi connectivity index (χ2n) is 1.22. The molecular formula is H10NNaO12S3. The summed E-state index contributed by atoms with van der Waals surface area (Å²) in [4.78, 5) is 0. The molecule has 0 amide bonds. The minimum absolute atomic E-state index is 0. The Kier molecular flexibility index (Phi) is 23.7. The van der Waals surface area contributed by atoms with Crippen LogP contribution >= 0.6 is 0 Å². The molecule has 0 aromatic carbocycles. The van der Waals surface area contributed by atoms with Gasteiger partial charge in [-0.05, 0) is 0 Å². The van der Waals surface area contributed by atoms with Gasteiger partial charge in [0.05, 0.1) is 0 Å². The van der Waals surface area contributed by atoms with Crippen LogP contribution in [0.4, 0.5) is 0 Å². The Balaban J connectivity index is -0.0000000607. The van der Waals surface area contributed by atoms with E-state index in [1.165, 1.54) is 0 Å². The van der Waals surface area contributed by atoms with Gasteiger partial charge in [-0.3, -0.25) is 18.2 Å². The van der Waals surface area contributed by atoms with Gasteiger partial charge in [0.15, 0.2) is 0 Å². The Labute approximate surface area is 121 Å². The number of hydrogen-bond donors (Lipinski definition) is 5. The zero-order valence-electron chi connectivity index (χ0n) is 7.08. The van der Waals surface area contributed by atoms with E-state index in [2.05, 4.69) is 8.67 Å². The first-order valence-electron chi connectivity index (χ1n) is 2.06. The molecule has 0 aromatic rings. The summed E-state index contributed by atoms with van der Waals surface area (Å²) in [6, 6.07) is 0. The van der Waals surface area contributed by atoms with Crippen LogP contribution in [0.3, 0.4) is 0 Å². The molecule has 17 heavy (non-hydrogen) atoms. The molecule has 0 aliphatic heterocycles. The molecule has 0 radical (unpaired) electrons. The van der Waals surface area contributed by atoms with Crippen LogP contribution in [0.25, 0.3) is 0 Å². The van der Waals surface area contributed by atoms with Gasteiger partial charge in [0.25, 0.3) is 11.4 Å². The molecule has 0 spiro atoms. The molecule has 9 N–H and O–H groups in total. The van der Waals surface area contributed by atoms with Gasteiger partial charge in [0.2, 0.25) is 0 Å². The predicted octanol–water partition coefficient (Wildman–Crippen LogP) is -3.09. The summed E-state index contributed by atoms with van der Waals surface area (Å²) in [5.41, 5.74) is 0. The number of rotatable bonds is 3. The summed E-state index contributed by atoms with van der Waals surface area (Å²) in [7, 11) is -10.0. The van der Waals surface area contributed by atoms with Crippen LogP contribution in [0, 0.1) is 0 Å². The molecule has 0 atom stereocenters. The molecule has 106 valence electrons. The summed E-state index contributed by atoms with van der Waals surface area (Å²) in [6.07, 6.45) is 0. The average Bonchev–Trinajstić information content (AvgIpc) is 1.79. The maximum atomic E-state index is 9.51. The van der Waals surface area contributed by atoms with Gasteiger partial charge < -0.3 is 11.6 Å². The summed E-state index contributed by atoms with van der Waals surface area (Å²) in [5.74, 6) is 0. The van der Waals surface area contributed by atoms with Crippen molar-refractivity contribution in [3.63, 3.8) is 0 Å². The molecule has 0 heterocycles. The Morgan fingerprint density at radius 2 is 1.00 bits per heavy atom. The fourth-order valence-corrected chi connectivity index (χ4v) is 0.632. The first kappa shape index (κ1) is 30.6. The zero-order valence-corrected chi connectivity index (χ0v) is 9.53. The van der Waals surface area contributed by atoms with E-state index < -0.39 is 32.2 Å². The maximum absolute atomic E-state index is 9.51. The second-order valence-corrected chi connectivity index (χ2v) is 3.67. The third-order valence-corrected chi connectivity index (χ3v) is 0.766. The van der Waals surface area contributed by atoms with E-state index in [0.29, 0.717) is 0 Å². The molecule has 0 saturated heterocycles. The van der Waals surface area contributed by atoms with Crippen LogP contribution in [0.15, 0.2) is 0 Å². The van der Waals surface area contributed by atoms with Crippen molar-refractivity contribution in [1.29, 1.82) is 0 Å². The molecule has 13 nitrogen and oxygen atoms in total. The van der Waals surface area contributed by atoms with Crippen LogP contribution in [-0.2, 0) is 40.8 Å². The van der Waals surface area contributed by atoms with Crippen molar-refractivity contribution in [3.05, 3.63) is 0 Å². The van der Waals surface area contributed by atoms with Crippen molar-refractivity contribution in [3.8, 4) is 0 Å². The Morgan fingerprint density at radius 1 is 0.882 bits per heavy atom. The van der Waals surface area contributed by atoms with E-state index in [-0.39, 0.29) is 41.2 Å². The van der Waals surface area contributed by atoms with Gasteiger partial charge in [-0.15, -0.1) is 0 Å². The van der Waals surface area contributed by atoms with E-state index in [9.17, 15) is 16.8 Å². The first-order valence-corrected chi connectivity index (χ1v) is 5.86. The molecule has 0 aliphatic rings. The van der Waals surface area contributed by atoms with Crippen LogP contribution in [0.5, 0.6) is 0 Å². The molecule has 0 unspecified atom stereocenters. The predicted molar refractivity (Wildman–Crippen MR) is 54.5 cm³/mol. The molecule has 0 aliphatic carbocycles. The SMILES string of the molecule is N.O.O=S(=O)(O)OOS(=O)(=O)O.O=S(O)O.[NaH]. The zero-order chi connectivity index (χ0) is 12.0. The molecule has 0 fully saturated rings. The summed E-state index contributed by atoms with van der Waals surface area (Å²) >= 11 is -2.61. The van der Waals surface area contributed by atoms with Gasteiger partial charge in [0.1, 0.15) is 0 Å². The first-order chi connectivity index (χ1) is 5.94. The van der Waals surface area contributed by atoms with E-state index in [1.54, 1.807) is 0 Å². The van der Waals surface area contributed by atoms with Crippen LogP contribution < -0.4 is 6.15 Å². The minimum atomic E-state index is -5.02. The van der Waals surface area contributed by atoms with Gasteiger partial charge in [-0.2, -0.15) is 21.0 Å². The van der Waals surface area contributed by atoms with Gasteiger partial charge in [-0.25, -0.2) is 0 Å². The monoisotopic (exact) mass is 335 g/mol. The van der Waals surface area contributed by atoms with Gasteiger partial charge in [-0.1, -0.05) is 8.67 Å². The summed E-state index contributed by atoms with van der Waals surface area (Å²) in [6.45, 7) is 0. The van der Waals surface area contributed by atoms with Crippen molar-refractivity contribution < 1.29 is 53.4 Å². The normalized spacial score (nSPS) is 9.94. The Bertz CT molecular complexity index is 329. The molecule has 17 heteroatoms. The topological polar surface area (TPSA) is 251 Å². The van der Waals surface area contributed by atoms with E-state index in [0.717, 1.165) is 0 Å². The van der Waals surface area contributed by atoms with E-state index in [4.69, 9.17) is 22.4 Å². The van der Waals surface area contributed by atoms with Gasteiger partial charge in [0, 0.05) is 0 Å². The molecular weight excluding hydrogens is 325 g/mol. The van der Waals surface area contributed by atoms with E-state index >= 15 is 0 Å². The Hall–Kier alpha value is 0.730. The van der Waals surface area contributed by atoms with Crippen molar-refractivity contribution in [2.24, 2.45) is 0 Å². The molecule has 0 saturated carbocycles. The average molecular weight is 335 g/mol. The fraction of sp³-hybridized carbons (Fsp3) is 0. The van der Waals surface area contributed by atoms with Crippen LogP contribution in [-0.4, -0.2) is 74.3 Å². The van der Waals surface area contributed by atoms with Crippen molar-refractivity contribution in [1.82, 2.24) is 6.15 Å². The fourth-order valence-electron chi connectivity index (χ4n) is 0.0702. The third kappa shape index (κ3) is 60.7. The second kappa shape index (κ2) is 13.2. The van der Waals surface area contributed by atoms with Crippen LogP contribution in [0.2, 0.25) is 0 Å². The van der Waals surface area contributed by atoms with E-state index in [1.807, 2.05) is 0 Å². The molecule has 0 rings (SSSR count). The standard InChI is InChI=1S/H3N.Na.H2O8S2.H2O3S.H2O.H/c;;1-9(2,3)7-8-10(4,5)6;1-4(2)3;;/h1H3;;(H,1,2,3)(H,4,5,6);(H2,1,2,3);1H2;. The summed E-state index contributed by atoms with van der Waals surface area (Å²) in [5, 5.41) is 0. The quantitative estimate of drug-likeness (QED) is 0.113. The molecule has 0 aromatic heterocycles. The van der Waals surface area contributed by atoms with Gasteiger partial charge >= 0.3 is 50.4 Å². The van der Waals surface area contributed by atoms with Crippen molar-refractivity contribution in [2.75, 3.05) is 0 Å². The summed E-state index contributed by atoms with van der Waals surface area (Å²) < 4.78 is 81.7. The third-order valence-electron chi connectivity index (χ3n) is 0.200.